The first-order chi connectivity index (χ1) is 9.63. The van der Waals surface area contributed by atoms with Gasteiger partial charge in [0.25, 0.3) is 0 Å². The average Bonchev–Trinajstić information content (AvgIpc) is 2.47. The molecule has 2 N–H and O–H groups in total. The molecule has 3 nitrogen and oxygen atoms in total. The summed E-state index contributed by atoms with van der Waals surface area (Å²) in [4.78, 5) is 2.61. The number of nitrogens with zero attached hydrogens (tertiary/aromatic N) is 1. The van der Waals surface area contributed by atoms with Gasteiger partial charge in [0.2, 0.25) is 0 Å². The van der Waals surface area contributed by atoms with Crippen LogP contribution >= 0.6 is 0 Å². The molecule has 4 atom stereocenters. The number of hydrogen-bond donors (Lipinski definition) is 2. The van der Waals surface area contributed by atoms with Crippen molar-refractivity contribution in [1.82, 2.24) is 10.2 Å². The van der Waals surface area contributed by atoms with Gasteiger partial charge >= 0.3 is 0 Å². The fraction of sp³-hybridized carbons (Fsp3) is 1.00. The highest BCUT2D eigenvalue weighted by Gasteiger charge is 2.33. The maximum Gasteiger partial charge on any atom is 0.0471 e. The summed E-state index contributed by atoms with van der Waals surface area (Å²) in [6.07, 6.45) is 6.57. The van der Waals surface area contributed by atoms with Crippen LogP contribution in [0.15, 0.2) is 0 Å². The molecule has 2 fully saturated rings. The maximum atomic E-state index is 9.39. The summed E-state index contributed by atoms with van der Waals surface area (Å²) in [6, 6.07) is 0.694. The van der Waals surface area contributed by atoms with E-state index in [-0.39, 0.29) is 0 Å². The van der Waals surface area contributed by atoms with Crippen LogP contribution in [-0.4, -0.2) is 49.3 Å². The molecule has 1 saturated carbocycles. The second-order valence-electron chi connectivity index (χ2n) is 7.42. The number of rotatable bonds is 5. The molecular formula is C17H34N2O. The summed E-state index contributed by atoms with van der Waals surface area (Å²) in [5.74, 6) is 3.03. The Morgan fingerprint density at radius 3 is 2.70 bits per heavy atom. The molecule has 1 saturated heterocycles. The second kappa shape index (κ2) is 7.77. The van der Waals surface area contributed by atoms with E-state index in [1.807, 2.05) is 0 Å². The molecule has 3 heteroatoms. The van der Waals surface area contributed by atoms with Crippen molar-refractivity contribution in [2.45, 2.75) is 52.0 Å². The molecule has 0 aromatic heterocycles. The Morgan fingerprint density at radius 2 is 2.05 bits per heavy atom. The third kappa shape index (κ3) is 4.19. The normalized spacial score (nSPS) is 36.5. The van der Waals surface area contributed by atoms with E-state index in [4.69, 9.17) is 0 Å². The van der Waals surface area contributed by atoms with Crippen molar-refractivity contribution in [3.63, 3.8) is 0 Å². The van der Waals surface area contributed by atoms with E-state index in [1.54, 1.807) is 0 Å². The first-order valence-corrected chi connectivity index (χ1v) is 8.64. The van der Waals surface area contributed by atoms with Gasteiger partial charge in [0, 0.05) is 25.7 Å². The summed E-state index contributed by atoms with van der Waals surface area (Å²) >= 11 is 0. The largest absolute Gasteiger partial charge is 0.396 e. The molecule has 0 aromatic rings. The van der Waals surface area contributed by atoms with Crippen LogP contribution in [0.1, 0.15) is 46.0 Å². The first kappa shape index (κ1) is 16.3. The monoisotopic (exact) mass is 282 g/mol. The third-order valence-corrected chi connectivity index (χ3v) is 5.69. The Morgan fingerprint density at radius 1 is 1.25 bits per heavy atom. The molecule has 118 valence electrons. The van der Waals surface area contributed by atoms with Crippen LogP contribution in [0.4, 0.5) is 0 Å². The van der Waals surface area contributed by atoms with Gasteiger partial charge in [0.05, 0.1) is 0 Å². The molecule has 4 unspecified atom stereocenters. The molecule has 0 aromatic carbocycles. The van der Waals surface area contributed by atoms with Gasteiger partial charge < -0.3 is 15.3 Å². The first-order valence-electron chi connectivity index (χ1n) is 8.64. The quantitative estimate of drug-likeness (QED) is 0.812. The Labute approximate surface area is 125 Å². The second-order valence-corrected chi connectivity index (χ2v) is 7.42. The standard InChI is InChI=1S/C17H34N2O/c1-13(2)15-6-7-17(18-3)16(9-15)11-19-8-4-5-14(10-19)12-20/h13-18,20H,4-12H2,1-3H3. The van der Waals surface area contributed by atoms with Crippen LogP contribution in [-0.2, 0) is 0 Å². The van der Waals surface area contributed by atoms with Gasteiger partial charge in [-0.05, 0) is 69.4 Å². The molecule has 1 heterocycles. The number of likely N-dealkylation sites (tertiary alicyclic amines) is 1. The molecular weight excluding hydrogens is 248 g/mol. The fourth-order valence-electron chi connectivity index (χ4n) is 4.29. The molecule has 1 aliphatic carbocycles. The van der Waals surface area contributed by atoms with Crippen molar-refractivity contribution >= 4 is 0 Å². The highest BCUT2D eigenvalue weighted by molar-refractivity contribution is 4.88. The van der Waals surface area contributed by atoms with E-state index >= 15 is 0 Å². The minimum Gasteiger partial charge on any atom is -0.396 e. The van der Waals surface area contributed by atoms with Gasteiger partial charge in [-0.15, -0.1) is 0 Å². The third-order valence-electron chi connectivity index (χ3n) is 5.69. The summed E-state index contributed by atoms with van der Waals surface area (Å²) in [5, 5.41) is 12.9. The number of aliphatic hydroxyl groups is 1. The lowest BCUT2D eigenvalue weighted by Crippen LogP contribution is -2.47. The van der Waals surface area contributed by atoms with E-state index in [1.165, 1.54) is 45.2 Å². The zero-order valence-electron chi connectivity index (χ0n) is 13.6. The molecule has 0 bridgehead atoms. The number of aliphatic hydroxyl groups excluding tert-OH is 1. The molecule has 2 rings (SSSR count). The highest BCUT2D eigenvalue weighted by atomic mass is 16.3. The van der Waals surface area contributed by atoms with Crippen molar-refractivity contribution in [3.8, 4) is 0 Å². The summed E-state index contributed by atoms with van der Waals surface area (Å²) in [5.41, 5.74) is 0. The van der Waals surface area contributed by atoms with E-state index in [9.17, 15) is 5.11 Å². The average molecular weight is 282 g/mol. The minimum absolute atomic E-state index is 0.366. The van der Waals surface area contributed by atoms with Crippen LogP contribution in [0.3, 0.4) is 0 Å². The van der Waals surface area contributed by atoms with Crippen LogP contribution in [0.5, 0.6) is 0 Å². The van der Waals surface area contributed by atoms with Crippen LogP contribution in [0.25, 0.3) is 0 Å². The van der Waals surface area contributed by atoms with E-state index in [2.05, 4.69) is 31.1 Å². The minimum atomic E-state index is 0.366. The molecule has 20 heavy (non-hydrogen) atoms. The summed E-state index contributed by atoms with van der Waals surface area (Å²) in [7, 11) is 2.13. The van der Waals surface area contributed by atoms with Gasteiger partial charge in [-0.25, -0.2) is 0 Å². The molecule has 0 amide bonds. The van der Waals surface area contributed by atoms with Crippen molar-refractivity contribution in [2.24, 2.45) is 23.7 Å². The molecule has 1 aliphatic heterocycles. The Balaban J connectivity index is 1.90. The number of nitrogens with one attached hydrogen (secondary N) is 1. The summed E-state index contributed by atoms with van der Waals surface area (Å²) in [6.45, 7) is 8.69. The predicted molar refractivity (Wildman–Crippen MR) is 84.8 cm³/mol. The van der Waals surface area contributed by atoms with E-state index in [0.29, 0.717) is 18.6 Å². The van der Waals surface area contributed by atoms with Crippen molar-refractivity contribution < 1.29 is 5.11 Å². The zero-order valence-corrected chi connectivity index (χ0v) is 13.6. The van der Waals surface area contributed by atoms with E-state index in [0.717, 1.165) is 24.3 Å². The summed E-state index contributed by atoms with van der Waals surface area (Å²) < 4.78 is 0. The van der Waals surface area contributed by atoms with Gasteiger partial charge in [-0.3, -0.25) is 0 Å². The molecule has 2 aliphatic rings. The van der Waals surface area contributed by atoms with Gasteiger partial charge in [0.1, 0.15) is 0 Å². The Hall–Kier alpha value is -0.120. The lowest BCUT2D eigenvalue weighted by atomic mass is 9.73. The van der Waals surface area contributed by atoms with Crippen molar-refractivity contribution in [3.05, 3.63) is 0 Å². The van der Waals surface area contributed by atoms with Crippen molar-refractivity contribution in [1.29, 1.82) is 0 Å². The van der Waals surface area contributed by atoms with Crippen molar-refractivity contribution in [2.75, 3.05) is 33.3 Å². The molecule has 0 spiro atoms. The van der Waals surface area contributed by atoms with Crippen LogP contribution in [0, 0.1) is 23.7 Å². The Bertz CT molecular complexity index is 282. The van der Waals surface area contributed by atoms with E-state index < -0.39 is 0 Å². The Kier molecular flexibility index (Phi) is 6.31. The van der Waals surface area contributed by atoms with Gasteiger partial charge in [0.15, 0.2) is 0 Å². The lowest BCUT2D eigenvalue weighted by Gasteiger charge is -2.42. The van der Waals surface area contributed by atoms with Crippen LogP contribution in [0.2, 0.25) is 0 Å². The van der Waals surface area contributed by atoms with Crippen LogP contribution < -0.4 is 5.32 Å². The van der Waals surface area contributed by atoms with Gasteiger partial charge in [-0.2, -0.15) is 0 Å². The maximum absolute atomic E-state index is 9.39. The number of hydrogen-bond acceptors (Lipinski definition) is 3. The number of piperidine rings is 1. The smallest absolute Gasteiger partial charge is 0.0471 e. The molecule has 0 radical (unpaired) electrons. The zero-order chi connectivity index (χ0) is 14.5. The van der Waals surface area contributed by atoms with Gasteiger partial charge in [-0.1, -0.05) is 13.8 Å². The lowest BCUT2D eigenvalue weighted by molar-refractivity contribution is 0.0780. The predicted octanol–water partition coefficient (Wildman–Crippen LogP) is 2.35. The topological polar surface area (TPSA) is 35.5 Å². The fourth-order valence-corrected chi connectivity index (χ4v) is 4.29. The SMILES string of the molecule is CNC1CCC(C(C)C)CC1CN1CCCC(CO)C1. The highest BCUT2D eigenvalue weighted by Crippen LogP contribution is 2.34.